The van der Waals surface area contributed by atoms with Crippen molar-refractivity contribution in [1.82, 2.24) is 9.97 Å². The molecule has 2 aromatic rings. The van der Waals surface area contributed by atoms with Gasteiger partial charge in [-0.05, 0) is 22.4 Å². The second-order valence-electron chi connectivity index (χ2n) is 3.20. The minimum Gasteiger partial charge on any atom is -0.378 e. The Hall–Kier alpha value is -2.22. The summed E-state index contributed by atoms with van der Waals surface area (Å²) in [5, 5.41) is 17.6. The Morgan fingerprint density at radius 1 is 1.53 bits per heavy atom. The van der Waals surface area contributed by atoms with E-state index in [2.05, 4.69) is 15.3 Å². The maximum Gasteiger partial charge on any atom is 0.352 e. The van der Waals surface area contributed by atoms with E-state index in [1.165, 1.54) is 6.33 Å². The first-order valence-electron chi connectivity index (χ1n) is 4.68. The highest BCUT2D eigenvalue weighted by Gasteiger charge is 2.20. The molecule has 88 valence electrons. The van der Waals surface area contributed by atoms with Crippen LogP contribution >= 0.6 is 11.3 Å². The lowest BCUT2D eigenvalue weighted by atomic mass is 10.3. The lowest BCUT2D eigenvalue weighted by Gasteiger charge is -2.05. The summed E-state index contributed by atoms with van der Waals surface area (Å²) in [7, 11) is 0. The van der Waals surface area contributed by atoms with Gasteiger partial charge in [0.2, 0.25) is 11.6 Å². The van der Waals surface area contributed by atoms with Crippen LogP contribution in [0.15, 0.2) is 23.2 Å². The third-order valence-corrected chi connectivity index (χ3v) is 2.81. The van der Waals surface area contributed by atoms with Crippen LogP contribution in [0.25, 0.3) is 0 Å². The summed E-state index contributed by atoms with van der Waals surface area (Å²) in [6, 6.07) is 1.92. The number of nitrogens with two attached hydrogens (primary N) is 1. The minimum absolute atomic E-state index is 0.133. The van der Waals surface area contributed by atoms with Crippen LogP contribution in [0, 0.1) is 10.1 Å². The number of aromatic nitrogens is 2. The van der Waals surface area contributed by atoms with Crippen LogP contribution in [0.3, 0.4) is 0 Å². The van der Waals surface area contributed by atoms with Gasteiger partial charge in [-0.25, -0.2) is 9.97 Å². The van der Waals surface area contributed by atoms with E-state index >= 15 is 0 Å². The summed E-state index contributed by atoms with van der Waals surface area (Å²) in [5.41, 5.74) is 6.18. The molecule has 0 aliphatic carbocycles. The molecular formula is C9H9N5O2S. The maximum absolute atomic E-state index is 10.8. The summed E-state index contributed by atoms with van der Waals surface area (Å²) in [4.78, 5) is 17.6. The lowest BCUT2D eigenvalue weighted by Crippen LogP contribution is -2.07. The number of nitro groups is 1. The molecule has 7 nitrogen and oxygen atoms in total. The molecule has 0 fully saturated rings. The monoisotopic (exact) mass is 251 g/mol. The van der Waals surface area contributed by atoms with Crippen LogP contribution in [0.2, 0.25) is 0 Å². The van der Waals surface area contributed by atoms with Crippen molar-refractivity contribution in [3.8, 4) is 0 Å². The van der Waals surface area contributed by atoms with E-state index in [0.717, 1.165) is 5.56 Å². The highest BCUT2D eigenvalue weighted by Crippen LogP contribution is 2.26. The Morgan fingerprint density at radius 3 is 3.00 bits per heavy atom. The molecule has 3 N–H and O–H groups in total. The van der Waals surface area contributed by atoms with Crippen LogP contribution in [-0.2, 0) is 6.54 Å². The summed E-state index contributed by atoms with van der Waals surface area (Å²) in [6.07, 6.45) is 1.19. The summed E-state index contributed by atoms with van der Waals surface area (Å²) in [5.74, 6) is -0.00785. The minimum atomic E-state index is -0.592. The Morgan fingerprint density at radius 2 is 2.35 bits per heavy atom. The lowest BCUT2D eigenvalue weighted by molar-refractivity contribution is -0.383. The van der Waals surface area contributed by atoms with Gasteiger partial charge in [-0.2, -0.15) is 11.3 Å². The Labute approximate surface area is 100 Å². The standard InChI is InChI=1S/C9H9N5O2S/c10-8-7(14(15)16)9(13-5-12-8)11-3-6-1-2-17-4-6/h1-2,4-5H,3H2,(H3,10,11,12,13). The molecule has 8 heteroatoms. The van der Waals surface area contributed by atoms with E-state index in [9.17, 15) is 10.1 Å². The van der Waals surface area contributed by atoms with Gasteiger partial charge in [0.1, 0.15) is 6.33 Å². The molecule has 0 amide bonds. The highest BCUT2D eigenvalue weighted by molar-refractivity contribution is 7.07. The zero-order valence-corrected chi connectivity index (χ0v) is 9.48. The number of nitrogen functional groups attached to an aromatic ring is 1. The normalized spacial score (nSPS) is 10.1. The summed E-state index contributed by atoms with van der Waals surface area (Å²) in [6.45, 7) is 0.459. The van der Waals surface area contributed by atoms with Gasteiger partial charge in [0.05, 0.1) is 4.92 Å². The van der Waals surface area contributed by atoms with E-state index in [-0.39, 0.29) is 17.3 Å². The van der Waals surface area contributed by atoms with Gasteiger partial charge < -0.3 is 11.1 Å². The van der Waals surface area contributed by atoms with Crippen molar-refractivity contribution in [3.05, 3.63) is 38.8 Å². The van der Waals surface area contributed by atoms with Gasteiger partial charge in [0, 0.05) is 6.54 Å². The third-order valence-electron chi connectivity index (χ3n) is 2.07. The first kappa shape index (κ1) is 11.3. The predicted octanol–water partition coefficient (Wildman–Crippen LogP) is 1.64. The van der Waals surface area contributed by atoms with Gasteiger partial charge in [-0.1, -0.05) is 0 Å². The number of hydrogen-bond acceptors (Lipinski definition) is 7. The molecule has 17 heavy (non-hydrogen) atoms. The number of anilines is 2. The average Bonchev–Trinajstić information content (AvgIpc) is 2.78. The van der Waals surface area contributed by atoms with E-state index in [0.29, 0.717) is 6.54 Å². The molecule has 0 spiro atoms. The Bertz CT molecular complexity index is 528. The fourth-order valence-electron chi connectivity index (χ4n) is 1.28. The summed E-state index contributed by atoms with van der Waals surface area (Å²) < 4.78 is 0. The van der Waals surface area contributed by atoms with Gasteiger partial charge >= 0.3 is 5.69 Å². The molecule has 2 rings (SSSR count). The van der Waals surface area contributed by atoms with E-state index < -0.39 is 4.92 Å². The first-order chi connectivity index (χ1) is 8.18. The number of rotatable bonds is 4. The molecule has 0 bridgehead atoms. The van der Waals surface area contributed by atoms with Crippen molar-refractivity contribution in [2.75, 3.05) is 11.1 Å². The molecular weight excluding hydrogens is 242 g/mol. The molecule has 0 atom stereocenters. The summed E-state index contributed by atoms with van der Waals surface area (Å²) >= 11 is 1.56. The Balaban J connectivity index is 2.21. The largest absolute Gasteiger partial charge is 0.378 e. The smallest absolute Gasteiger partial charge is 0.352 e. The van der Waals surface area contributed by atoms with Crippen LogP contribution in [0.1, 0.15) is 5.56 Å². The van der Waals surface area contributed by atoms with Crippen LogP contribution in [0.4, 0.5) is 17.3 Å². The van der Waals surface area contributed by atoms with Gasteiger partial charge in [-0.3, -0.25) is 10.1 Å². The second kappa shape index (κ2) is 4.74. The molecule has 0 saturated carbocycles. The second-order valence-corrected chi connectivity index (χ2v) is 3.98. The van der Waals surface area contributed by atoms with Crippen molar-refractivity contribution in [2.45, 2.75) is 6.54 Å². The number of hydrogen-bond donors (Lipinski definition) is 2. The molecule has 0 saturated heterocycles. The van der Waals surface area contributed by atoms with Crippen LogP contribution in [0.5, 0.6) is 0 Å². The fraction of sp³-hybridized carbons (Fsp3) is 0.111. The third kappa shape index (κ3) is 2.48. The van der Waals surface area contributed by atoms with Crippen LogP contribution in [-0.4, -0.2) is 14.9 Å². The number of nitrogens with zero attached hydrogens (tertiary/aromatic N) is 3. The molecule has 2 heterocycles. The topological polar surface area (TPSA) is 107 Å². The predicted molar refractivity (Wildman–Crippen MR) is 64.7 cm³/mol. The van der Waals surface area contributed by atoms with Crippen molar-refractivity contribution in [2.24, 2.45) is 0 Å². The molecule has 0 unspecified atom stereocenters. The highest BCUT2D eigenvalue weighted by atomic mass is 32.1. The molecule has 0 aromatic carbocycles. The van der Waals surface area contributed by atoms with Crippen molar-refractivity contribution in [3.63, 3.8) is 0 Å². The van der Waals surface area contributed by atoms with Crippen LogP contribution < -0.4 is 11.1 Å². The van der Waals surface area contributed by atoms with Gasteiger partial charge in [0.25, 0.3) is 0 Å². The van der Waals surface area contributed by atoms with Gasteiger partial charge in [-0.15, -0.1) is 0 Å². The Kier molecular flexibility index (Phi) is 3.15. The molecule has 0 aliphatic rings. The number of thiophene rings is 1. The van der Waals surface area contributed by atoms with E-state index in [1.54, 1.807) is 11.3 Å². The molecule has 0 radical (unpaired) electrons. The number of nitrogens with one attached hydrogen (secondary N) is 1. The zero-order valence-electron chi connectivity index (χ0n) is 8.66. The average molecular weight is 251 g/mol. The molecule has 2 aromatic heterocycles. The van der Waals surface area contributed by atoms with Crippen molar-refractivity contribution in [1.29, 1.82) is 0 Å². The SMILES string of the molecule is Nc1ncnc(NCc2ccsc2)c1[N+](=O)[O-]. The van der Waals surface area contributed by atoms with Gasteiger partial charge in [0.15, 0.2) is 0 Å². The maximum atomic E-state index is 10.8. The van der Waals surface area contributed by atoms with E-state index in [4.69, 9.17) is 5.73 Å². The van der Waals surface area contributed by atoms with Crippen molar-refractivity contribution < 1.29 is 4.92 Å². The first-order valence-corrected chi connectivity index (χ1v) is 5.62. The van der Waals surface area contributed by atoms with E-state index in [1.807, 2.05) is 16.8 Å². The van der Waals surface area contributed by atoms with Crippen molar-refractivity contribution >= 4 is 28.7 Å². The quantitative estimate of drug-likeness (QED) is 0.631. The fourth-order valence-corrected chi connectivity index (χ4v) is 1.95. The molecule has 0 aliphatic heterocycles. The zero-order chi connectivity index (χ0) is 12.3.